The van der Waals surface area contributed by atoms with Crippen LogP contribution in [0.15, 0.2) is 35.5 Å². The summed E-state index contributed by atoms with van der Waals surface area (Å²) in [4.78, 5) is 26.9. The first-order chi connectivity index (χ1) is 13.2. The molecule has 0 unspecified atom stereocenters. The zero-order valence-corrected chi connectivity index (χ0v) is 15.5. The maximum absolute atomic E-state index is 13.0. The Kier molecular flexibility index (Phi) is 5.03. The number of hydrogen-bond donors (Lipinski definition) is 2. The maximum atomic E-state index is 13.0. The van der Waals surface area contributed by atoms with Gasteiger partial charge in [-0.15, -0.1) is 0 Å². The molecule has 3 heterocycles. The van der Waals surface area contributed by atoms with Crippen molar-refractivity contribution in [3.8, 4) is 5.75 Å². The number of amides is 3. The first-order valence-corrected chi connectivity index (χ1v) is 9.60. The van der Waals surface area contributed by atoms with E-state index in [0.29, 0.717) is 31.0 Å². The van der Waals surface area contributed by atoms with Crippen LogP contribution in [0.4, 0.5) is 4.79 Å². The summed E-state index contributed by atoms with van der Waals surface area (Å²) in [5.41, 5.74) is 2.18. The molecule has 4 rings (SSSR count). The van der Waals surface area contributed by atoms with Gasteiger partial charge >= 0.3 is 6.03 Å². The highest BCUT2D eigenvalue weighted by atomic mass is 16.5. The van der Waals surface area contributed by atoms with E-state index in [1.807, 2.05) is 24.3 Å². The third-order valence-corrected chi connectivity index (χ3v) is 5.15. The predicted molar refractivity (Wildman–Crippen MR) is 99.2 cm³/mol. The molecule has 144 valence electrons. The molecule has 2 atom stereocenters. The second-order valence-corrected chi connectivity index (χ2v) is 7.16. The van der Waals surface area contributed by atoms with Gasteiger partial charge in [-0.25, -0.2) is 4.79 Å². The van der Waals surface area contributed by atoms with Crippen molar-refractivity contribution >= 4 is 11.9 Å². The highest BCUT2D eigenvalue weighted by Gasteiger charge is 2.41. The van der Waals surface area contributed by atoms with Crippen molar-refractivity contribution in [3.63, 3.8) is 0 Å². The molecule has 0 aliphatic carbocycles. The molecule has 0 radical (unpaired) electrons. The average Bonchev–Trinajstić information content (AvgIpc) is 3.28. The Labute approximate surface area is 158 Å². The van der Waals surface area contributed by atoms with Crippen LogP contribution in [0.2, 0.25) is 0 Å². The summed E-state index contributed by atoms with van der Waals surface area (Å²) in [7, 11) is 0. The van der Waals surface area contributed by atoms with Crippen molar-refractivity contribution in [1.82, 2.24) is 15.5 Å². The molecule has 0 spiro atoms. The number of nitrogens with one attached hydrogen (secondary N) is 2. The smallest absolute Gasteiger partial charge is 0.319 e. The largest absolute Gasteiger partial charge is 0.494 e. The Hall–Kier alpha value is -2.54. The molecular formula is C20H25N3O4. The van der Waals surface area contributed by atoms with E-state index in [1.54, 1.807) is 4.90 Å². The van der Waals surface area contributed by atoms with Gasteiger partial charge in [0.05, 0.1) is 36.6 Å². The number of rotatable bonds is 6. The third-order valence-electron chi connectivity index (χ3n) is 5.15. The Bertz CT molecular complexity index is 753. The average molecular weight is 371 g/mol. The lowest BCUT2D eigenvalue weighted by molar-refractivity contribution is -0.127. The molecule has 1 aromatic carbocycles. The second kappa shape index (κ2) is 7.60. The normalized spacial score (nSPS) is 24.7. The van der Waals surface area contributed by atoms with Gasteiger partial charge in [0.1, 0.15) is 5.75 Å². The van der Waals surface area contributed by atoms with Crippen molar-refractivity contribution in [2.45, 2.75) is 38.3 Å². The van der Waals surface area contributed by atoms with Crippen LogP contribution in [0, 0.1) is 0 Å². The summed E-state index contributed by atoms with van der Waals surface area (Å²) >= 11 is 0. The molecular weight excluding hydrogens is 346 g/mol. The summed E-state index contributed by atoms with van der Waals surface area (Å²) in [6.07, 6.45) is 3.04. The fraction of sp³-hybridized carbons (Fsp3) is 0.500. The summed E-state index contributed by atoms with van der Waals surface area (Å²) in [6.45, 7) is 4.47. The lowest BCUT2D eigenvalue weighted by Crippen LogP contribution is -2.44. The molecule has 3 amide bonds. The third kappa shape index (κ3) is 3.64. The van der Waals surface area contributed by atoms with E-state index >= 15 is 0 Å². The first-order valence-electron chi connectivity index (χ1n) is 9.60. The van der Waals surface area contributed by atoms with E-state index in [1.165, 1.54) is 0 Å². The van der Waals surface area contributed by atoms with E-state index in [4.69, 9.17) is 9.47 Å². The van der Waals surface area contributed by atoms with Gasteiger partial charge in [0.2, 0.25) is 0 Å². The molecule has 3 aliphatic rings. The molecule has 7 nitrogen and oxygen atoms in total. The van der Waals surface area contributed by atoms with Crippen LogP contribution < -0.4 is 15.4 Å². The van der Waals surface area contributed by atoms with Crippen molar-refractivity contribution in [1.29, 1.82) is 0 Å². The van der Waals surface area contributed by atoms with Crippen molar-refractivity contribution < 1.29 is 19.1 Å². The topological polar surface area (TPSA) is 79.9 Å². The monoisotopic (exact) mass is 371 g/mol. The highest BCUT2D eigenvalue weighted by molar-refractivity contribution is 6.01. The van der Waals surface area contributed by atoms with Gasteiger partial charge in [-0.1, -0.05) is 19.1 Å². The van der Waals surface area contributed by atoms with E-state index in [-0.39, 0.29) is 18.0 Å². The van der Waals surface area contributed by atoms with Gasteiger partial charge < -0.3 is 25.0 Å². The number of hydrogen-bond acceptors (Lipinski definition) is 4. The number of carbonyl (C=O) groups excluding carboxylic acids is 2. The van der Waals surface area contributed by atoms with Crippen molar-refractivity contribution in [3.05, 3.63) is 41.1 Å². The lowest BCUT2D eigenvalue weighted by Gasteiger charge is -2.25. The minimum atomic E-state index is -0.448. The van der Waals surface area contributed by atoms with Gasteiger partial charge in [-0.3, -0.25) is 4.79 Å². The van der Waals surface area contributed by atoms with E-state index in [2.05, 4.69) is 17.6 Å². The van der Waals surface area contributed by atoms with Crippen molar-refractivity contribution in [2.24, 2.45) is 0 Å². The Morgan fingerprint density at radius 1 is 1.26 bits per heavy atom. The van der Waals surface area contributed by atoms with Crippen LogP contribution in [0.1, 0.15) is 37.8 Å². The minimum Gasteiger partial charge on any atom is -0.494 e. The molecule has 1 aromatic rings. The second-order valence-electron chi connectivity index (χ2n) is 7.16. The quantitative estimate of drug-likeness (QED) is 0.803. The van der Waals surface area contributed by atoms with Crippen LogP contribution in [0.5, 0.6) is 5.75 Å². The molecule has 1 saturated heterocycles. The standard InChI is InChI=1S/C20H25N3O4/c1-2-9-26-14-7-5-13(6-8-14)18-17-16(21-20(25)22-18)12-23(19(17)24)11-15-4-3-10-27-15/h5-8,15,18H,2-4,9-12H2,1H3,(H2,21,22,25)/t15-,18+/m1/s1. The Morgan fingerprint density at radius 2 is 2.07 bits per heavy atom. The van der Waals surface area contributed by atoms with Crippen LogP contribution in [-0.4, -0.2) is 49.2 Å². The molecule has 2 N–H and O–H groups in total. The van der Waals surface area contributed by atoms with Gasteiger partial charge in [-0.05, 0) is 37.0 Å². The lowest BCUT2D eigenvalue weighted by atomic mass is 9.96. The van der Waals surface area contributed by atoms with Crippen LogP contribution >= 0.6 is 0 Å². The molecule has 0 saturated carbocycles. The van der Waals surface area contributed by atoms with Crippen LogP contribution in [0.25, 0.3) is 0 Å². The van der Waals surface area contributed by atoms with Gasteiger partial charge in [0.25, 0.3) is 5.91 Å². The number of ether oxygens (including phenoxy) is 2. The van der Waals surface area contributed by atoms with Crippen LogP contribution in [-0.2, 0) is 9.53 Å². The SMILES string of the molecule is CCCOc1ccc([C@@H]2NC(=O)NC3=C2C(=O)N(C[C@H]2CCCO2)C3)cc1. The zero-order valence-electron chi connectivity index (χ0n) is 15.5. The number of urea groups is 1. The van der Waals surface area contributed by atoms with E-state index in [0.717, 1.165) is 37.2 Å². The number of nitrogens with zero attached hydrogens (tertiary/aromatic N) is 1. The summed E-state index contributed by atoms with van der Waals surface area (Å²) < 4.78 is 11.3. The first kappa shape index (κ1) is 17.9. The summed E-state index contributed by atoms with van der Waals surface area (Å²) in [6, 6.07) is 6.84. The van der Waals surface area contributed by atoms with Crippen LogP contribution in [0.3, 0.4) is 0 Å². The fourth-order valence-electron chi connectivity index (χ4n) is 3.84. The summed E-state index contributed by atoms with van der Waals surface area (Å²) in [5.74, 6) is 0.747. The molecule has 27 heavy (non-hydrogen) atoms. The maximum Gasteiger partial charge on any atom is 0.319 e. The fourth-order valence-corrected chi connectivity index (χ4v) is 3.84. The van der Waals surface area contributed by atoms with Gasteiger partial charge in [0, 0.05) is 13.2 Å². The summed E-state index contributed by atoms with van der Waals surface area (Å²) in [5, 5.41) is 5.69. The Balaban J connectivity index is 1.53. The zero-order chi connectivity index (χ0) is 18.8. The molecule has 7 heteroatoms. The van der Waals surface area contributed by atoms with Gasteiger partial charge in [0.15, 0.2) is 0 Å². The van der Waals surface area contributed by atoms with Gasteiger partial charge in [-0.2, -0.15) is 0 Å². The Morgan fingerprint density at radius 3 is 2.78 bits per heavy atom. The molecule has 1 fully saturated rings. The molecule has 3 aliphatic heterocycles. The highest BCUT2D eigenvalue weighted by Crippen LogP contribution is 2.33. The van der Waals surface area contributed by atoms with Crippen molar-refractivity contribution in [2.75, 3.05) is 26.3 Å². The molecule has 0 aromatic heterocycles. The minimum absolute atomic E-state index is 0.0377. The predicted octanol–water partition coefficient (Wildman–Crippen LogP) is 2.10. The van der Waals surface area contributed by atoms with E-state index in [9.17, 15) is 9.59 Å². The van der Waals surface area contributed by atoms with E-state index < -0.39 is 6.04 Å². The number of benzene rings is 1. The number of carbonyl (C=O) groups is 2. The molecule has 0 bridgehead atoms.